The lowest BCUT2D eigenvalue weighted by Crippen LogP contribution is -2.06. The quantitative estimate of drug-likeness (QED) is 0.407. The molecule has 98 valence electrons. The molecule has 21 heavy (non-hydrogen) atoms. The fourth-order valence-electron chi connectivity index (χ4n) is 3.25. The molecule has 0 saturated heterocycles. The lowest BCUT2D eigenvalue weighted by Gasteiger charge is -2.05. The largest absolute Gasteiger partial charge is 0.308 e. The Morgan fingerprint density at radius 1 is 0.762 bits per heavy atom. The highest BCUT2D eigenvalue weighted by molar-refractivity contribution is 6.16. The molecular weight excluding hydrogens is 262 g/mol. The average Bonchev–Trinajstić information content (AvgIpc) is 2.88. The zero-order chi connectivity index (χ0) is 14.0. The number of nitrogens with zero attached hydrogens (tertiary/aromatic N) is 3. The lowest BCUT2D eigenvalue weighted by molar-refractivity contribution is 1.28. The molecule has 5 rings (SSSR count). The molecule has 0 fully saturated rings. The van der Waals surface area contributed by atoms with Crippen molar-refractivity contribution in [3.8, 4) is 0 Å². The van der Waals surface area contributed by atoms with Crippen molar-refractivity contribution in [1.29, 1.82) is 0 Å². The smallest absolute Gasteiger partial charge is 0.198 e. The van der Waals surface area contributed by atoms with E-state index in [0.29, 0.717) is 5.39 Å². The summed E-state index contributed by atoms with van der Waals surface area (Å²) in [4.78, 5) is 21.0. The number of pyridine rings is 3. The van der Waals surface area contributed by atoms with Crippen molar-refractivity contribution in [1.82, 2.24) is 14.4 Å². The highest BCUT2D eigenvalue weighted by Gasteiger charge is 2.16. The average molecular weight is 271 g/mol. The molecule has 0 aliphatic heterocycles. The second kappa shape index (κ2) is 3.55. The van der Waals surface area contributed by atoms with E-state index in [9.17, 15) is 4.79 Å². The van der Waals surface area contributed by atoms with Gasteiger partial charge >= 0.3 is 0 Å². The van der Waals surface area contributed by atoms with Crippen molar-refractivity contribution in [3.63, 3.8) is 0 Å². The highest BCUT2D eigenvalue weighted by atomic mass is 16.1. The van der Waals surface area contributed by atoms with E-state index >= 15 is 0 Å². The predicted octanol–water partition coefficient (Wildman–Crippen LogP) is 2.99. The summed E-state index contributed by atoms with van der Waals surface area (Å²) < 4.78 is 2.14. The third kappa shape index (κ3) is 1.18. The van der Waals surface area contributed by atoms with Crippen LogP contribution in [0.15, 0.2) is 59.9 Å². The van der Waals surface area contributed by atoms with Crippen LogP contribution in [0.3, 0.4) is 0 Å². The Morgan fingerprint density at radius 2 is 1.43 bits per heavy atom. The van der Waals surface area contributed by atoms with Gasteiger partial charge in [-0.1, -0.05) is 12.1 Å². The second-order valence-corrected chi connectivity index (χ2v) is 5.15. The van der Waals surface area contributed by atoms with Crippen LogP contribution in [-0.2, 0) is 0 Å². The maximum atomic E-state index is 12.7. The minimum atomic E-state index is 0.0342. The first kappa shape index (κ1) is 10.7. The summed E-state index contributed by atoms with van der Waals surface area (Å²) in [6.45, 7) is 0. The van der Waals surface area contributed by atoms with Crippen LogP contribution in [0.1, 0.15) is 0 Å². The Hall–Kier alpha value is -3.01. The molecule has 1 aromatic carbocycles. The van der Waals surface area contributed by atoms with Gasteiger partial charge in [0.1, 0.15) is 0 Å². The second-order valence-electron chi connectivity index (χ2n) is 5.15. The molecule has 0 radical (unpaired) electrons. The van der Waals surface area contributed by atoms with Crippen molar-refractivity contribution >= 4 is 38.1 Å². The Kier molecular flexibility index (Phi) is 1.81. The molecule has 0 unspecified atom stereocenters. The van der Waals surface area contributed by atoms with Crippen LogP contribution in [-0.4, -0.2) is 14.4 Å². The van der Waals surface area contributed by atoms with Gasteiger partial charge in [0, 0.05) is 40.9 Å². The summed E-state index contributed by atoms with van der Waals surface area (Å²) in [5.74, 6) is 0. The highest BCUT2D eigenvalue weighted by Crippen LogP contribution is 2.32. The van der Waals surface area contributed by atoms with Gasteiger partial charge in [0.25, 0.3) is 0 Å². The van der Waals surface area contributed by atoms with Crippen molar-refractivity contribution in [2.75, 3.05) is 0 Å². The normalized spacial score (nSPS) is 12.0. The first-order valence-corrected chi connectivity index (χ1v) is 6.72. The van der Waals surface area contributed by atoms with Crippen molar-refractivity contribution in [2.24, 2.45) is 0 Å². The van der Waals surface area contributed by atoms with E-state index < -0.39 is 0 Å². The van der Waals surface area contributed by atoms with E-state index in [1.807, 2.05) is 36.5 Å². The lowest BCUT2D eigenvalue weighted by atomic mass is 10.1. The van der Waals surface area contributed by atoms with Gasteiger partial charge in [0.05, 0.1) is 21.9 Å². The summed E-state index contributed by atoms with van der Waals surface area (Å²) in [6.07, 6.45) is 7.00. The maximum Gasteiger partial charge on any atom is 0.198 e. The van der Waals surface area contributed by atoms with Gasteiger partial charge in [-0.15, -0.1) is 0 Å². The first-order chi connectivity index (χ1) is 10.4. The molecule has 0 bridgehead atoms. The molecule has 0 spiro atoms. The molecule has 0 atom stereocenters. The van der Waals surface area contributed by atoms with E-state index in [-0.39, 0.29) is 5.43 Å². The van der Waals surface area contributed by atoms with Crippen LogP contribution in [0.5, 0.6) is 0 Å². The van der Waals surface area contributed by atoms with Crippen LogP contribution in [0, 0.1) is 0 Å². The minimum absolute atomic E-state index is 0.0342. The molecule has 0 N–H and O–H groups in total. The Morgan fingerprint density at radius 3 is 2.24 bits per heavy atom. The molecule has 4 heteroatoms. The van der Waals surface area contributed by atoms with Gasteiger partial charge in [-0.05, 0) is 18.2 Å². The van der Waals surface area contributed by atoms with Gasteiger partial charge in [0.2, 0.25) is 0 Å². The van der Waals surface area contributed by atoms with Crippen LogP contribution >= 0.6 is 0 Å². The van der Waals surface area contributed by atoms with Crippen molar-refractivity contribution in [3.05, 3.63) is 65.3 Å². The van der Waals surface area contributed by atoms with E-state index in [2.05, 4.69) is 14.4 Å². The van der Waals surface area contributed by atoms with Crippen LogP contribution < -0.4 is 5.43 Å². The Balaban J connectivity index is 2.35. The van der Waals surface area contributed by atoms with E-state index in [4.69, 9.17) is 0 Å². The molecule has 0 aliphatic carbocycles. The molecule has 0 saturated carbocycles. The van der Waals surface area contributed by atoms with Gasteiger partial charge in [0.15, 0.2) is 5.43 Å². The van der Waals surface area contributed by atoms with Gasteiger partial charge in [-0.3, -0.25) is 14.8 Å². The Labute approximate surface area is 118 Å². The molecule has 4 heterocycles. The third-order valence-electron chi connectivity index (χ3n) is 4.12. The first-order valence-electron chi connectivity index (χ1n) is 6.72. The van der Waals surface area contributed by atoms with Crippen molar-refractivity contribution < 1.29 is 0 Å². The molecule has 4 nitrogen and oxygen atoms in total. The minimum Gasteiger partial charge on any atom is -0.308 e. The SMILES string of the molecule is O=c1c2cnccc2n2c3ccncc3c3cccc1c32. The number of para-hydroxylation sites is 1. The molecule has 0 amide bonds. The van der Waals surface area contributed by atoms with E-state index in [1.165, 1.54) is 0 Å². The number of hydrogen-bond donors (Lipinski definition) is 0. The van der Waals surface area contributed by atoms with Gasteiger partial charge in [-0.2, -0.15) is 0 Å². The summed E-state index contributed by atoms with van der Waals surface area (Å²) in [6, 6.07) is 9.72. The molecule has 0 aliphatic rings. The third-order valence-corrected chi connectivity index (χ3v) is 4.12. The van der Waals surface area contributed by atoms with Gasteiger partial charge in [-0.25, -0.2) is 0 Å². The molecule has 5 aromatic rings. The Bertz CT molecular complexity index is 1210. The number of fused-ring (bicyclic) bond motifs is 5. The zero-order valence-corrected chi connectivity index (χ0v) is 10.9. The summed E-state index contributed by atoms with van der Waals surface area (Å²) >= 11 is 0. The van der Waals surface area contributed by atoms with E-state index in [1.54, 1.807) is 18.6 Å². The van der Waals surface area contributed by atoms with Crippen LogP contribution in [0.2, 0.25) is 0 Å². The molecule has 4 aromatic heterocycles. The van der Waals surface area contributed by atoms with E-state index in [0.717, 1.165) is 32.7 Å². The maximum absolute atomic E-state index is 12.7. The predicted molar refractivity (Wildman–Crippen MR) is 83.0 cm³/mol. The standard InChI is InChI=1S/C17H9N3O/c21-17-11-3-1-2-10-12-8-18-6-4-14(12)20(16(10)11)15-5-7-19-9-13(15)17/h1-9H. The summed E-state index contributed by atoms with van der Waals surface area (Å²) in [5, 5.41) is 3.49. The van der Waals surface area contributed by atoms with Gasteiger partial charge < -0.3 is 4.40 Å². The fraction of sp³-hybridized carbons (Fsp3) is 0. The number of benzene rings is 1. The number of rotatable bonds is 0. The summed E-state index contributed by atoms with van der Waals surface area (Å²) in [7, 11) is 0. The fourth-order valence-corrected chi connectivity index (χ4v) is 3.25. The summed E-state index contributed by atoms with van der Waals surface area (Å²) in [5.41, 5.74) is 2.95. The van der Waals surface area contributed by atoms with Crippen molar-refractivity contribution in [2.45, 2.75) is 0 Å². The zero-order valence-electron chi connectivity index (χ0n) is 10.9. The number of hydrogen-bond acceptors (Lipinski definition) is 3. The monoisotopic (exact) mass is 271 g/mol. The molecular formula is C17H9N3O. The topological polar surface area (TPSA) is 47.3 Å². The van der Waals surface area contributed by atoms with Crippen LogP contribution in [0.25, 0.3) is 38.1 Å². The van der Waals surface area contributed by atoms with Crippen LogP contribution in [0.4, 0.5) is 0 Å². The number of aromatic nitrogens is 3.